The van der Waals surface area contributed by atoms with E-state index in [9.17, 15) is 22.8 Å². The monoisotopic (exact) mass is 434 g/mol. The molecule has 156 valence electrons. The maximum atomic E-state index is 12.6. The van der Waals surface area contributed by atoms with Crippen LogP contribution >= 0.6 is 11.3 Å². The van der Waals surface area contributed by atoms with Gasteiger partial charge in [-0.25, -0.2) is 0 Å². The van der Waals surface area contributed by atoms with E-state index in [4.69, 9.17) is 0 Å². The Kier molecular flexibility index (Phi) is 6.16. The zero-order valence-corrected chi connectivity index (χ0v) is 16.8. The summed E-state index contributed by atoms with van der Waals surface area (Å²) in [6.45, 7) is 3.41. The number of rotatable bonds is 5. The average Bonchev–Trinajstić information content (AvgIpc) is 3.16. The lowest BCUT2D eigenvalue weighted by molar-refractivity contribution is -0.137. The summed E-state index contributed by atoms with van der Waals surface area (Å²) in [6.07, 6.45) is -4.48. The highest BCUT2D eigenvalue weighted by Crippen LogP contribution is 2.29. The lowest BCUT2D eigenvalue weighted by atomic mass is 10.1. The first kappa shape index (κ1) is 21.4. The highest BCUT2D eigenvalue weighted by atomic mass is 32.1. The maximum absolute atomic E-state index is 12.6. The van der Waals surface area contributed by atoms with Crippen LogP contribution in [-0.4, -0.2) is 28.1 Å². The second kappa shape index (κ2) is 8.62. The van der Waals surface area contributed by atoms with Gasteiger partial charge in [0.1, 0.15) is 11.0 Å². The Morgan fingerprint density at radius 2 is 1.77 bits per heavy atom. The van der Waals surface area contributed by atoms with E-state index in [1.165, 1.54) is 18.3 Å². The van der Waals surface area contributed by atoms with E-state index in [1.54, 1.807) is 0 Å². The number of hydrogen-bond donors (Lipinski definition) is 2. The molecule has 10 heteroatoms. The molecule has 3 aromatic rings. The van der Waals surface area contributed by atoms with Crippen LogP contribution in [0.3, 0.4) is 0 Å². The van der Waals surface area contributed by atoms with Gasteiger partial charge in [-0.2, -0.15) is 13.2 Å². The van der Waals surface area contributed by atoms with E-state index < -0.39 is 29.6 Å². The van der Waals surface area contributed by atoms with Crippen molar-refractivity contribution >= 4 is 28.3 Å². The number of benzene rings is 2. The van der Waals surface area contributed by atoms with E-state index >= 15 is 0 Å². The number of aryl methyl sites for hydroxylation is 1. The predicted molar refractivity (Wildman–Crippen MR) is 107 cm³/mol. The van der Waals surface area contributed by atoms with E-state index in [0.29, 0.717) is 5.01 Å². The van der Waals surface area contributed by atoms with Crippen molar-refractivity contribution in [1.82, 2.24) is 15.5 Å². The fourth-order valence-corrected chi connectivity index (χ4v) is 3.28. The van der Waals surface area contributed by atoms with E-state index in [0.717, 1.165) is 35.4 Å². The van der Waals surface area contributed by atoms with Gasteiger partial charge < -0.3 is 5.32 Å². The first-order chi connectivity index (χ1) is 14.1. The molecule has 3 rings (SSSR count). The van der Waals surface area contributed by atoms with E-state index in [2.05, 4.69) is 20.8 Å². The summed E-state index contributed by atoms with van der Waals surface area (Å²) in [4.78, 5) is 24.5. The van der Waals surface area contributed by atoms with E-state index in [-0.39, 0.29) is 10.7 Å². The Morgan fingerprint density at radius 3 is 2.40 bits per heavy atom. The molecular formula is C20H17F3N4O2S. The molecule has 0 aliphatic carbocycles. The van der Waals surface area contributed by atoms with Crippen molar-refractivity contribution in [2.75, 3.05) is 5.32 Å². The minimum atomic E-state index is -4.48. The van der Waals surface area contributed by atoms with Crippen LogP contribution in [0.4, 0.5) is 18.3 Å². The number of anilines is 1. The molecule has 1 atom stereocenters. The van der Waals surface area contributed by atoms with Crippen molar-refractivity contribution in [3.8, 4) is 10.6 Å². The summed E-state index contributed by atoms with van der Waals surface area (Å²) < 4.78 is 37.8. The third kappa shape index (κ3) is 5.20. The standard InChI is InChI=1S/C20H17F3N4O2S/c1-11-4-3-5-14(10-11)18-26-27-19(30-18)25-16(28)12(2)24-17(29)13-6-8-15(9-7-13)20(21,22)23/h3-10,12H,1-2H3,(H,24,29)(H,25,27,28). The predicted octanol–water partition coefficient (Wildman–Crippen LogP) is 4.29. The Balaban J connectivity index is 1.60. The molecule has 30 heavy (non-hydrogen) atoms. The maximum Gasteiger partial charge on any atom is 0.416 e. The fraction of sp³-hybridized carbons (Fsp3) is 0.200. The SMILES string of the molecule is Cc1cccc(-c2nnc(NC(=O)C(C)NC(=O)c3ccc(C(F)(F)F)cc3)s2)c1. The number of nitrogens with zero attached hydrogens (tertiary/aromatic N) is 2. The smallest absolute Gasteiger partial charge is 0.341 e. The minimum Gasteiger partial charge on any atom is -0.341 e. The molecule has 0 radical (unpaired) electrons. The van der Waals surface area contributed by atoms with Gasteiger partial charge in [0, 0.05) is 11.1 Å². The normalized spacial score (nSPS) is 12.3. The number of halogens is 3. The highest BCUT2D eigenvalue weighted by molar-refractivity contribution is 7.18. The fourth-order valence-electron chi connectivity index (χ4n) is 2.54. The number of carbonyl (C=O) groups is 2. The Morgan fingerprint density at radius 1 is 1.07 bits per heavy atom. The molecule has 0 aliphatic rings. The molecule has 0 bridgehead atoms. The zero-order chi connectivity index (χ0) is 21.9. The molecule has 2 amide bonds. The minimum absolute atomic E-state index is 0.0142. The first-order valence-electron chi connectivity index (χ1n) is 8.83. The molecule has 1 aromatic heterocycles. The van der Waals surface area contributed by atoms with Crippen molar-refractivity contribution in [2.24, 2.45) is 0 Å². The molecule has 2 aromatic carbocycles. The lowest BCUT2D eigenvalue weighted by Gasteiger charge is -2.13. The quantitative estimate of drug-likeness (QED) is 0.628. The largest absolute Gasteiger partial charge is 0.416 e. The molecule has 0 aliphatic heterocycles. The van der Waals surface area contributed by atoms with Crippen molar-refractivity contribution in [1.29, 1.82) is 0 Å². The summed E-state index contributed by atoms with van der Waals surface area (Å²) in [7, 11) is 0. The number of aromatic nitrogens is 2. The van der Waals surface area contributed by atoms with Gasteiger partial charge in [-0.1, -0.05) is 35.1 Å². The Labute approximate surface area is 174 Å². The van der Waals surface area contributed by atoms with Crippen LogP contribution in [0.5, 0.6) is 0 Å². The van der Waals surface area contributed by atoms with Crippen LogP contribution in [0.1, 0.15) is 28.4 Å². The number of nitrogens with one attached hydrogen (secondary N) is 2. The number of amides is 2. The number of alkyl halides is 3. The third-order valence-electron chi connectivity index (χ3n) is 4.14. The molecular weight excluding hydrogens is 417 g/mol. The van der Waals surface area contributed by atoms with Gasteiger partial charge in [0.2, 0.25) is 11.0 Å². The van der Waals surface area contributed by atoms with Gasteiger partial charge in [0.05, 0.1) is 5.56 Å². The lowest BCUT2D eigenvalue weighted by Crippen LogP contribution is -2.41. The Bertz CT molecular complexity index is 1060. The van der Waals surface area contributed by atoms with Crippen LogP contribution in [0, 0.1) is 6.92 Å². The van der Waals surface area contributed by atoms with Crippen LogP contribution in [0.25, 0.3) is 10.6 Å². The Hall–Kier alpha value is -3.27. The van der Waals surface area contributed by atoms with Crippen molar-refractivity contribution in [2.45, 2.75) is 26.1 Å². The van der Waals surface area contributed by atoms with Gasteiger partial charge in [-0.15, -0.1) is 10.2 Å². The average molecular weight is 434 g/mol. The summed E-state index contributed by atoms with van der Waals surface area (Å²) in [5, 5.41) is 13.9. The topological polar surface area (TPSA) is 84.0 Å². The third-order valence-corrected chi connectivity index (χ3v) is 5.02. The van der Waals surface area contributed by atoms with Gasteiger partial charge in [0.25, 0.3) is 5.91 Å². The van der Waals surface area contributed by atoms with Crippen molar-refractivity contribution in [3.63, 3.8) is 0 Å². The van der Waals surface area contributed by atoms with Gasteiger partial charge >= 0.3 is 6.18 Å². The summed E-state index contributed by atoms with van der Waals surface area (Å²) in [5.74, 6) is -1.19. The second-order valence-electron chi connectivity index (χ2n) is 6.54. The molecule has 0 spiro atoms. The van der Waals surface area contributed by atoms with Crippen molar-refractivity contribution < 1.29 is 22.8 Å². The first-order valence-corrected chi connectivity index (χ1v) is 9.64. The van der Waals surface area contributed by atoms with Crippen LogP contribution in [-0.2, 0) is 11.0 Å². The number of hydrogen-bond acceptors (Lipinski definition) is 5. The molecule has 1 unspecified atom stereocenters. The number of carbonyl (C=O) groups excluding carboxylic acids is 2. The summed E-state index contributed by atoms with van der Waals surface area (Å²) in [6, 6.07) is 10.5. The zero-order valence-electron chi connectivity index (χ0n) is 15.9. The summed E-state index contributed by atoms with van der Waals surface area (Å²) in [5.41, 5.74) is 1.09. The molecule has 0 saturated heterocycles. The van der Waals surface area contributed by atoms with Crippen LogP contribution in [0.2, 0.25) is 0 Å². The molecule has 6 nitrogen and oxygen atoms in total. The highest BCUT2D eigenvalue weighted by Gasteiger charge is 2.30. The summed E-state index contributed by atoms with van der Waals surface area (Å²) >= 11 is 1.19. The van der Waals surface area contributed by atoms with Gasteiger partial charge in [-0.3, -0.25) is 14.9 Å². The molecule has 0 fully saturated rings. The second-order valence-corrected chi connectivity index (χ2v) is 7.52. The molecule has 1 heterocycles. The van der Waals surface area contributed by atoms with Crippen molar-refractivity contribution in [3.05, 3.63) is 65.2 Å². The van der Waals surface area contributed by atoms with Crippen LogP contribution in [0.15, 0.2) is 48.5 Å². The van der Waals surface area contributed by atoms with E-state index in [1.807, 2.05) is 31.2 Å². The van der Waals surface area contributed by atoms with Gasteiger partial charge in [-0.05, 0) is 44.2 Å². The molecule has 2 N–H and O–H groups in total. The molecule has 0 saturated carbocycles. The van der Waals surface area contributed by atoms with Gasteiger partial charge in [0.15, 0.2) is 0 Å². The van der Waals surface area contributed by atoms with Crippen LogP contribution < -0.4 is 10.6 Å².